The summed E-state index contributed by atoms with van der Waals surface area (Å²) in [6, 6.07) is 9.70. The van der Waals surface area contributed by atoms with Crippen LogP contribution < -0.4 is 19.5 Å². The summed E-state index contributed by atoms with van der Waals surface area (Å²) in [5.74, 6) is 1.39. The number of carbonyl (C=O) groups is 1. The summed E-state index contributed by atoms with van der Waals surface area (Å²) in [7, 11) is 4.66. The average molecular weight is 369 g/mol. The molecule has 0 saturated heterocycles. The van der Waals surface area contributed by atoms with Gasteiger partial charge < -0.3 is 19.5 Å². The highest BCUT2D eigenvalue weighted by atomic mass is 16.5. The molecule has 0 saturated carbocycles. The van der Waals surface area contributed by atoms with Gasteiger partial charge in [0, 0.05) is 11.6 Å². The minimum atomic E-state index is -0.183. The van der Waals surface area contributed by atoms with Crippen LogP contribution in [0, 0.1) is 13.8 Å². The van der Waals surface area contributed by atoms with Gasteiger partial charge in [-0.1, -0.05) is 18.2 Å². The van der Waals surface area contributed by atoms with E-state index < -0.39 is 0 Å². The molecular formula is C22H27NO4. The van der Waals surface area contributed by atoms with Crippen molar-refractivity contribution in [1.82, 2.24) is 5.32 Å². The Morgan fingerprint density at radius 2 is 1.67 bits per heavy atom. The molecule has 0 spiro atoms. The Hall–Kier alpha value is -2.95. The first-order chi connectivity index (χ1) is 12.9. The van der Waals surface area contributed by atoms with Gasteiger partial charge in [-0.25, -0.2) is 0 Å². The number of nitrogens with one attached hydrogen (secondary N) is 1. The van der Waals surface area contributed by atoms with Crippen LogP contribution in [0.3, 0.4) is 0 Å². The van der Waals surface area contributed by atoms with Gasteiger partial charge in [-0.05, 0) is 55.7 Å². The van der Waals surface area contributed by atoms with Gasteiger partial charge in [-0.15, -0.1) is 0 Å². The lowest BCUT2D eigenvalue weighted by Crippen LogP contribution is -2.24. The van der Waals surface area contributed by atoms with Gasteiger partial charge in [-0.3, -0.25) is 4.79 Å². The fourth-order valence-electron chi connectivity index (χ4n) is 2.80. The third-order valence-corrected chi connectivity index (χ3v) is 4.54. The first kappa shape index (κ1) is 20.4. The monoisotopic (exact) mass is 369 g/mol. The van der Waals surface area contributed by atoms with Gasteiger partial charge in [0.15, 0.2) is 11.5 Å². The zero-order valence-corrected chi connectivity index (χ0v) is 16.8. The molecule has 5 nitrogen and oxygen atoms in total. The number of ether oxygens (including phenoxy) is 3. The summed E-state index contributed by atoms with van der Waals surface area (Å²) in [6.45, 7) is 6.10. The number of benzene rings is 2. The van der Waals surface area contributed by atoms with Crippen molar-refractivity contribution in [1.29, 1.82) is 0 Å². The Morgan fingerprint density at radius 1 is 0.963 bits per heavy atom. The van der Waals surface area contributed by atoms with Crippen molar-refractivity contribution in [3.05, 3.63) is 58.7 Å². The third kappa shape index (κ3) is 4.82. The lowest BCUT2D eigenvalue weighted by molar-refractivity contribution is -0.117. The maximum atomic E-state index is 12.3. The Kier molecular flexibility index (Phi) is 6.88. The lowest BCUT2D eigenvalue weighted by Gasteiger charge is -2.15. The first-order valence-electron chi connectivity index (χ1n) is 8.76. The van der Waals surface area contributed by atoms with Crippen molar-refractivity contribution in [2.24, 2.45) is 0 Å². The van der Waals surface area contributed by atoms with Crippen LogP contribution in [-0.2, 0) is 4.79 Å². The van der Waals surface area contributed by atoms with Gasteiger partial charge in [0.2, 0.25) is 11.7 Å². The molecule has 144 valence electrons. The predicted octanol–water partition coefficient (Wildman–Crippen LogP) is 4.22. The van der Waals surface area contributed by atoms with Crippen LogP contribution in [0.2, 0.25) is 0 Å². The maximum absolute atomic E-state index is 12.3. The van der Waals surface area contributed by atoms with Gasteiger partial charge >= 0.3 is 0 Å². The summed E-state index contributed by atoms with van der Waals surface area (Å²) in [5.41, 5.74) is 4.24. The molecule has 1 atom stereocenters. The summed E-state index contributed by atoms with van der Waals surface area (Å²) >= 11 is 0. The SMILES string of the molecule is COc1ccc(/C=C/C(=O)NC(C)c2ccc(C)c(C)c2)c(OC)c1OC. The summed E-state index contributed by atoms with van der Waals surface area (Å²) < 4.78 is 16.1. The van der Waals surface area contributed by atoms with Gasteiger partial charge in [0.05, 0.1) is 27.4 Å². The number of amides is 1. The Balaban J connectivity index is 2.15. The third-order valence-electron chi connectivity index (χ3n) is 4.54. The van der Waals surface area contributed by atoms with Gasteiger partial charge in [-0.2, -0.15) is 0 Å². The van der Waals surface area contributed by atoms with Crippen molar-refractivity contribution in [3.8, 4) is 17.2 Å². The predicted molar refractivity (Wildman–Crippen MR) is 108 cm³/mol. The van der Waals surface area contributed by atoms with Crippen molar-refractivity contribution in [3.63, 3.8) is 0 Å². The normalized spacial score (nSPS) is 11.9. The lowest BCUT2D eigenvalue weighted by atomic mass is 10.0. The molecule has 0 fully saturated rings. The smallest absolute Gasteiger partial charge is 0.244 e. The van der Waals surface area contributed by atoms with E-state index in [1.54, 1.807) is 33.5 Å². The minimum Gasteiger partial charge on any atom is -0.493 e. The van der Waals surface area contributed by atoms with Crippen LogP contribution in [0.1, 0.15) is 35.2 Å². The van der Waals surface area contributed by atoms with Crippen molar-refractivity contribution < 1.29 is 19.0 Å². The topological polar surface area (TPSA) is 56.8 Å². The van der Waals surface area contributed by atoms with E-state index >= 15 is 0 Å². The fourth-order valence-corrected chi connectivity index (χ4v) is 2.80. The number of rotatable bonds is 7. The molecule has 2 aromatic rings. The summed E-state index contributed by atoms with van der Waals surface area (Å²) in [6.07, 6.45) is 3.19. The molecule has 0 radical (unpaired) electrons. The summed E-state index contributed by atoms with van der Waals surface area (Å²) in [4.78, 5) is 12.3. The highest BCUT2D eigenvalue weighted by molar-refractivity contribution is 5.92. The van der Waals surface area contributed by atoms with E-state index in [1.807, 2.05) is 19.1 Å². The molecule has 2 aromatic carbocycles. The van der Waals surface area contributed by atoms with Crippen molar-refractivity contribution >= 4 is 12.0 Å². The zero-order valence-electron chi connectivity index (χ0n) is 16.8. The molecule has 1 unspecified atom stereocenters. The zero-order chi connectivity index (χ0) is 20.0. The molecule has 0 bridgehead atoms. The molecule has 0 aromatic heterocycles. The number of methoxy groups -OCH3 is 3. The van der Waals surface area contributed by atoms with E-state index in [0.717, 1.165) is 11.1 Å². The van der Waals surface area contributed by atoms with Crippen LogP contribution in [0.5, 0.6) is 17.2 Å². The highest BCUT2D eigenvalue weighted by Gasteiger charge is 2.14. The van der Waals surface area contributed by atoms with Crippen LogP contribution in [0.15, 0.2) is 36.4 Å². The van der Waals surface area contributed by atoms with E-state index in [1.165, 1.54) is 17.2 Å². The van der Waals surface area contributed by atoms with E-state index in [-0.39, 0.29) is 11.9 Å². The first-order valence-corrected chi connectivity index (χ1v) is 8.76. The molecule has 0 heterocycles. The van der Waals surface area contributed by atoms with Crippen LogP contribution in [-0.4, -0.2) is 27.2 Å². The fraction of sp³-hybridized carbons (Fsp3) is 0.318. The molecule has 27 heavy (non-hydrogen) atoms. The standard InChI is InChI=1S/C22H27NO4/c1-14-7-8-18(13-15(14)2)16(3)23-20(24)12-10-17-9-11-19(25-4)22(27-6)21(17)26-5/h7-13,16H,1-6H3,(H,23,24)/b12-10+. The van der Waals surface area contributed by atoms with E-state index in [4.69, 9.17) is 14.2 Å². The molecule has 1 amide bonds. The quantitative estimate of drug-likeness (QED) is 0.743. The second-order valence-electron chi connectivity index (χ2n) is 6.33. The molecule has 1 N–H and O–H groups in total. The van der Waals surface area contributed by atoms with Gasteiger partial charge in [0.25, 0.3) is 0 Å². The number of carbonyl (C=O) groups excluding carboxylic acids is 1. The van der Waals surface area contributed by atoms with E-state index in [0.29, 0.717) is 17.2 Å². The van der Waals surface area contributed by atoms with Crippen molar-refractivity contribution in [2.75, 3.05) is 21.3 Å². The second-order valence-corrected chi connectivity index (χ2v) is 6.33. The molecule has 0 aliphatic rings. The minimum absolute atomic E-state index is 0.0891. The molecule has 0 aliphatic carbocycles. The Labute approximate surface area is 161 Å². The molecule has 0 aliphatic heterocycles. The Bertz CT molecular complexity index is 842. The Morgan fingerprint density at radius 3 is 2.26 bits per heavy atom. The summed E-state index contributed by atoms with van der Waals surface area (Å²) in [5, 5.41) is 2.98. The largest absolute Gasteiger partial charge is 0.493 e. The number of aryl methyl sites for hydroxylation is 2. The molecule has 5 heteroatoms. The highest BCUT2D eigenvalue weighted by Crippen LogP contribution is 2.40. The number of hydrogen-bond donors (Lipinski definition) is 1. The van der Waals surface area contributed by atoms with Crippen LogP contribution in [0.25, 0.3) is 6.08 Å². The number of hydrogen-bond acceptors (Lipinski definition) is 4. The maximum Gasteiger partial charge on any atom is 0.244 e. The van der Waals surface area contributed by atoms with Crippen LogP contribution in [0.4, 0.5) is 0 Å². The van der Waals surface area contributed by atoms with Gasteiger partial charge in [0.1, 0.15) is 0 Å². The van der Waals surface area contributed by atoms with E-state index in [2.05, 4.69) is 31.3 Å². The van der Waals surface area contributed by atoms with Crippen LogP contribution >= 0.6 is 0 Å². The molecule has 2 rings (SSSR count). The van der Waals surface area contributed by atoms with E-state index in [9.17, 15) is 4.79 Å². The molecular weight excluding hydrogens is 342 g/mol. The average Bonchev–Trinajstić information content (AvgIpc) is 2.67. The second kappa shape index (κ2) is 9.12. The van der Waals surface area contributed by atoms with Crippen molar-refractivity contribution in [2.45, 2.75) is 26.8 Å².